The molecule has 0 bridgehead atoms. The highest BCUT2D eigenvalue weighted by Crippen LogP contribution is 2.39. The summed E-state index contributed by atoms with van der Waals surface area (Å²) >= 11 is 0. The molecular weight excluding hydrogens is 222 g/mol. The molecule has 5 heteroatoms. The monoisotopic (exact) mass is 241 g/mol. The fourth-order valence-electron chi connectivity index (χ4n) is 2.14. The largest absolute Gasteiger partial charge is 0.465 e. The Morgan fingerprint density at radius 2 is 2.06 bits per heavy atom. The number of carbonyl (C=O) groups is 1. The third kappa shape index (κ3) is 2.61. The normalized spacial score (nSPS) is 26.4. The summed E-state index contributed by atoms with van der Waals surface area (Å²) in [6.07, 6.45) is 3.29. The molecule has 1 amide bonds. The molecule has 5 nitrogen and oxygen atoms in total. The molecule has 1 saturated heterocycles. The lowest BCUT2D eigenvalue weighted by Crippen LogP contribution is -2.53. The fraction of sp³-hybridized carbons (Fsp3) is 0.750. The van der Waals surface area contributed by atoms with Gasteiger partial charge in [0, 0.05) is 11.8 Å². The second-order valence-corrected chi connectivity index (χ2v) is 5.43. The maximum atomic E-state index is 10.8. The zero-order valence-corrected chi connectivity index (χ0v) is 10.3. The third-order valence-corrected chi connectivity index (χ3v) is 3.10. The van der Waals surface area contributed by atoms with Gasteiger partial charge in [-0.15, -0.1) is 0 Å². The van der Waals surface area contributed by atoms with Crippen LogP contribution in [0.4, 0.5) is 4.79 Å². The lowest BCUT2D eigenvalue weighted by Gasteiger charge is -2.45. The molecule has 1 heterocycles. The number of carboxylic acid groups (broad SMARTS) is 1. The first kappa shape index (κ1) is 12.4. The fourth-order valence-corrected chi connectivity index (χ4v) is 2.14. The first-order valence-electron chi connectivity index (χ1n) is 5.92. The maximum absolute atomic E-state index is 10.8. The number of allylic oxidation sites excluding steroid dienone is 1. The molecule has 17 heavy (non-hydrogen) atoms. The summed E-state index contributed by atoms with van der Waals surface area (Å²) < 4.78 is 11.6. The van der Waals surface area contributed by atoms with Gasteiger partial charge < -0.3 is 14.6 Å². The van der Waals surface area contributed by atoms with E-state index in [1.165, 1.54) is 0 Å². The number of hydrogen-bond acceptors (Lipinski definition) is 3. The van der Waals surface area contributed by atoms with Crippen LogP contribution in [-0.4, -0.2) is 30.2 Å². The molecule has 0 saturated carbocycles. The van der Waals surface area contributed by atoms with Crippen molar-refractivity contribution in [2.45, 2.75) is 38.9 Å². The van der Waals surface area contributed by atoms with E-state index in [1.54, 1.807) is 0 Å². The molecule has 2 N–H and O–H groups in total. The smallest absolute Gasteiger partial charge is 0.409 e. The van der Waals surface area contributed by atoms with Crippen LogP contribution >= 0.6 is 0 Å². The molecule has 1 aliphatic carbocycles. The standard InChI is InChI=1S/C12H19NO4/c1-11(2)7-16-12(17-8-11)6-4-3-5-9(12)13-10(14)15/h5,13H,3-4,6-8H2,1-2H3,(H,14,15). The summed E-state index contributed by atoms with van der Waals surface area (Å²) in [5.74, 6) is -0.869. The quantitative estimate of drug-likeness (QED) is 0.737. The minimum absolute atomic E-state index is 0.0168. The van der Waals surface area contributed by atoms with Crippen molar-refractivity contribution in [3.05, 3.63) is 11.8 Å². The van der Waals surface area contributed by atoms with Crippen molar-refractivity contribution in [3.8, 4) is 0 Å². The molecule has 0 unspecified atom stereocenters. The van der Waals surface area contributed by atoms with Gasteiger partial charge in [0.05, 0.1) is 18.9 Å². The van der Waals surface area contributed by atoms with Crippen molar-refractivity contribution in [2.24, 2.45) is 5.41 Å². The van der Waals surface area contributed by atoms with Gasteiger partial charge in [-0.1, -0.05) is 19.9 Å². The van der Waals surface area contributed by atoms with Crippen molar-refractivity contribution >= 4 is 6.09 Å². The molecule has 0 aromatic carbocycles. The summed E-state index contributed by atoms with van der Waals surface area (Å²) in [5.41, 5.74) is 0.517. The van der Waals surface area contributed by atoms with Crippen LogP contribution in [0.25, 0.3) is 0 Å². The number of nitrogens with one attached hydrogen (secondary N) is 1. The topological polar surface area (TPSA) is 67.8 Å². The second kappa shape index (κ2) is 4.31. The maximum Gasteiger partial charge on any atom is 0.409 e. The van der Waals surface area contributed by atoms with E-state index in [-0.39, 0.29) is 5.41 Å². The van der Waals surface area contributed by atoms with Gasteiger partial charge >= 0.3 is 6.09 Å². The molecule has 2 aliphatic rings. The molecule has 0 aromatic rings. The van der Waals surface area contributed by atoms with E-state index in [0.29, 0.717) is 25.3 Å². The van der Waals surface area contributed by atoms with E-state index in [4.69, 9.17) is 14.6 Å². The van der Waals surface area contributed by atoms with Crippen LogP contribution in [0.2, 0.25) is 0 Å². The SMILES string of the molecule is CC1(C)COC2(CCCC=C2NC(=O)O)OC1. The van der Waals surface area contributed by atoms with Gasteiger partial charge in [0.1, 0.15) is 0 Å². The summed E-state index contributed by atoms with van der Waals surface area (Å²) in [4.78, 5) is 10.8. The molecule has 0 atom stereocenters. The zero-order valence-electron chi connectivity index (χ0n) is 10.3. The third-order valence-electron chi connectivity index (χ3n) is 3.10. The Hall–Kier alpha value is -1.07. The highest BCUT2D eigenvalue weighted by molar-refractivity contribution is 5.67. The lowest BCUT2D eigenvalue weighted by molar-refractivity contribution is -0.284. The Bertz CT molecular complexity index is 338. The molecule has 1 spiro atoms. The molecule has 0 aromatic heterocycles. The second-order valence-electron chi connectivity index (χ2n) is 5.43. The number of ether oxygens (including phenoxy) is 2. The Morgan fingerprint density at radius 3 is 2.65 bits per heavy atom. The summed E-state index contributed by atoms with van der Waals surface area (Å²) in [6, 6.07) is 0. The number of amides is 1. The predicted octanol–water partition coefficient (Wildman–Crippen LogP) is 2.09. The Labute approximate surface area is 101 Å². The van der Waals surface area contributed by atoms with Crippen molar-refractivity contribution < 1.29 is 19.4 Å². The van der Waals surface area contributed by atoms with Crippen molar-refractivity contribution in [3.63, 3.8) is 0 Å². The highest BCUT2D eigenvalue weighted by Gasteiger charge is 2.45. The van der Waals surface area contributed by atoms with E-state index in [1.807, 2.05) is 6.08 Å². The predicted molar refractivity (Wildman–Crippen MR) is 61.5 cm³/mol. The average molecular weight is 241 g/mol. The van der Waals surface area contributed by atoms with Crippen LogP contribution in [0, 0.1) is 5.41 Å². The summed E-state index contributed by atoms with van der Waals surface area (Å²) in [5, 5.41) is 11.2. The van der Waals surface area contributed by atoms with E-state index < -0.39 is 11.9 Å². The first-order chi connectivity index (χ1) is 7.94. The van der Waals surface area contributed by atoms with Gasteiger partial charge in [0.15, 0.2) is 0 Å². The summed E-state index contributed by atoms with van der Waals surface area (Å²) in [6.45, 7) is 5.28. The van der Waals surface area contributed by atoms with Gasteiger partial charge in [0.25, 0.3) is 0 Å². The Morgan fingerprint density at radius 1 is 1.41 bits per heavy atom. The van der Waals surface area contributed by atoms with Crippen LogP contribution in [0.1, 0.15) is 33.1 Å². The van der Waals surface area contributed by atoms with E-state index in [0.717, 1.165) is 12.8 Å². The molecule has 0 radical (unpaired) electrons. The van der Waals surface area contributed by atoms with Gasteiger partial charge in [-0.2, -0.15) is 0 Å². The van der Waals surface area contributed by atoms with Crippen LogP contribution in [0.15, 0.2) is 11.8 Å². The minimum Gasteiger partial charge on any atom is -0.465 e. The zero-order chi connectivity index (χ0) is 12.5. The van der Waals surface area contributed by atoms with Gasteiger partial charge in [0.2, 0.25) is 5.79 Å². The van der Waals surface area contributed by atoms with Gasteiger partial charge in [-0.05, 0) is 12.8 Å². The van der Waals surface area contributed by atoms with E-state index in [2.05, 4.69) is 19.2 Å². The van der Waals surface area contributed by atoms with Crippen LogP contribution in [0.5, 0.6) is 0 Å². The van der Waals surface area contributed by atoms with Crippen molar-refractivity contribution in [1.82, 2.24) is 5.32 Å². The highest BCUT2D eigenvalue weighted by atomic mass is 16.7. The molecule has 2 rings (SSSR count). The lowest BCUT2D eigenvalue weighted by atomic mass is 9.91. The summed E-state index contributed by atoms with van der Waals surface area (Å²) in [7, 11) is 0. The van der Waals surface area contributed by atoms with Gasteiger partial charge in [-0.3, -0.25) is 5.32 Å². The van der Waals surface area contributed by atoms with E-state index in [9.17, 15) is 4.79 Å². The van der Waals surface area contributed by atoms with Crippen molar-refractivity contribution in [2.75, 3.05) is 13.2 Å². The minimum atomic E-state index is -1.07. The van der Waals surface area contributed by atoms with Crippen LogP contribution in [-0.2, 0) is 9.47 Å². The molecule has 1 fully saturated rings. The van der Waals surface area contributed by atoms with Crippen molar-refractivity contribution in [1.29, 1.82) is 0 Å². The molecule has 96 valence electrons. The number of rotatable bonds is 1. The Balaban J connectivity index is 2.15. The number of hydrogen-bond donors (Lipinski definition) is 2. The average Bonchev–Trinajstić information content (AvgIpc) is 2.25. The first-order valence-corrected chi connectivity index (χ1v) is 5.92. The van der Waals surface area contributed by atoms with Crippen LogP contribution < -0.4 is 5.32 Å². The van der Waals surface area contributed by atoms with Crippen LogP contribution in [0.3, 0.4) is 0 Å². The van der Waals surface area contributed by atoms with Gasteiger partial charge in [-0.25, -0.2) is 4.79 Å². The molecule has 1 aliphatic heterocycles. The van der Waals surface area contributed by atoms with E-state index >= 15 is 0 Å². The Kier molecular flexibility index (Phi) is 3.14. The molecular formula is C12H19NO4.